The van der Waals surface area contributed by atoms with Gasteiger partial charge in [0, 0.05) is 61.1 Å². The lowest BCUT2D eigenvalue weighted by Crippen LogP contribution is -2.60. The fourth-order valence-corrected chi connectivity index (χ4v) is 31.5. The van der Waals surface area contributed by atoms with Crippen molar-refractivity contribution < 1.29 is 96.6 Å². The fourth-order valence-electron chi connectivity index (χ4n) is 14.6. The molecule has 0 aliphatic carbocycles. The number of nitrogens with two attached hydrogens (primary N) is 1. The van der Waals surface area contributed by atoms with Crippen molar-refractivity contribution in [2.45, 2.75) is 144 Å². The van der Waals surface area contributed by atoms with Crippen LogP contribution in [0.2, 0.25) is 77.1 Å². The van der Waals surface area contributed by atoms with Gasteiger partial charge in [0.05, 0.1) is 32.4 Å². The molecule has 0 unspecified atom stereocenters. The quantitative estimate of drug-likeness (QED) is 0.0187. The van der Waals surface area contributed by atoms with Crippen molar-refractivity contribution in [3.05, 3.63) is 262 Å². The predicted molar refractivity (Wildman–Crippen MR) is 461 cm³/mol. The summed E-state index contributed by atoms with van der Waals surface area (Å²) in [5, 5.41) is 6.01. The van der Waals surface area contributed by atoms with Crippen LogP contribution in [0.15, 0.2) is 200 Å². The van der Waals surface area contributed by atoms with E-state index >= 15 is 0 Å². The van der Waals surface area contributed by atoms with E-state index in [1.165, 1.54) is 19.3 Å². The van der Waals surface area contributed by atoms with E-state index in [9.17, 15) is 74.0 Å². The number of sulfonamides is 3. The predicted octanol–water partition coefficient (Wildman–Crippen LogP) is 13.0. The van der Waals surface area contributed by atoms with Gasteiger partial charge >= 0.3 is 48.9 Å². The second kappa shape index (κ2) is 36.6. The highest BCUT2D eigenvalue weighted by Gasteiger charge is 2.65. The van der Waals surface area contributed by atoms with E-state index < -0.39 is 156 Å². The number of nitrogens with one attached hydrogen (secondary N) is 1. The summed E-state index contributed by atoms with van der Waals surface area (Å²) in [5.74, 6) is -6.99. The van der Waals surface area contributed by atoms with Crippen molar-refractivity contribution in [1.29, 1.82) is 0 Å². The first-order valence-electron chi connectivity index (χ1n) is 38.4. The Bertz CT molecular complexity index is 5840. The van der Waals surface area contributed by atoms with Crippen LogP contribution in [0.1, 0.15) is 47.1 Å². The normalized spacial score (nSPS) is 19.2. The molecule has 39 heteroatoms. The summed E-state index contributed by atoms with van der Waals surface area (Å²) in [6, 6.07) is 56.5. The molecule has 3 amide bonds. The smallest absolute Gasteiger partial charge is 0.415 e. The van der Waals surface area contributed by atoms with E-state index in [-0.39, 0.29) is 61.3 Å². The molecule has 6 heterocycles. The second-order valence-corrected chi connectivity index (χ2v) is 59.7. The summed E-state index contributed by atoms with van der Waals surface area (Å²) >= 11 is 3.85. The summed E-state index contributed by atoms with van der Waals surface area (Å²) in [6.45, 7) is 20.1. The van der Waals surface area contributed by atoms with E-state index in [1.807, 2.05) is 129 Å². The molecule has 3 fully saturated rings. The first-order valence-corrected chi connectivity index (χ1v) is 58.0. The zero-order valence-electron chi connectivity index (χ0n) is 67.4. The number of carbonyl (C=O) groups is 3. The van der Waals surface area contributed by atoms with Gasteiger partial charge in [0.1, 0.15) is 43.4 Å². The number of ether oxygens (including phenoxy) is 3. The van der Waals surface area contributed by atoms with Crippen LogP contribution < -0.4 is 41.4 Å². The Morgan fingerprint density at radius 2 is 0.850 bits per heavy atom. The lowest BCUT2D eigenvalue weighted by Gasteiger charge is -2.37. The lowest BCUT2D eigenvalue weighted by atomic mass is 9.90. The molecule has 5 atom stereocenters. The number of nitrogens with zero attached hydrogens (tertiary/aromatic N) is 6. The molecule has 6 aliphatic rings. The van der Waals surface area contributed by atoms with E-state index in [1.54, 1.807) is 58.3 Å². The van der Waals surface area contributed by atoms with Gasteiger partial charge in [-0.1, -0.05) is 230 Å². The van der Waals surface area contributed by atoms with Gasteiger partial charge in [0.15, 0.2) is 23.3 Å². The molecule has 8 aromatic carbocycles. The number of fused-ring (bicyclic) bond motifs is 8. The van der Waals surface area contributed by atoms with Crippen LogP contribution in [0.25, 0.3) is 5.57 Å². The average molecular weight is 1870 g/mol. The number of para-hydroxylation sites is 5. The zero-order chi connectivity index (χ0) is 87.3. The Morgan fingerprint density at radius 1 is 0.467 bits per heavy atom. The van der Waals surface area contributed by atoms with Crippen LogP contribution in [0.4, 0.5) is 43.3 Å². The molecule has 120 heavy (non-hydrogen) atoms. The van der Waals surface area contributed by atoms with Gasteiger partial charge in [0.25, 0.3) is 6.17 Å². The molecule has 0 saturated carbocycles. The highest BCUT2D eigenvalue weighted by atomic mass is 79.9. The molecule has 8 aromatic rings. The number of amides is 3. The maximum absolute atomic E-state index is 14.4. The summed E-state index contributed by atoms with van der Waals surface area (Å²) in [4.78, 5) is 43.9. The largest absolute Gasteiger partial charge is 0.444 e. The highest BCUT2D eigenvalue weighted by molar-refractivity contribution is 9.09. The van der Waals surface area contributed by atoms with Gasteiger partial charge in [-0.05, 0) is 102 Å². The molecular formula is C81H96BrF4N8O18S5Si3+. The molecule has 14 rings (SSSR count). The molecule has 0 bridgehead atoms. The summed E-state index contributed by atoms with van der Waals surface area (Å²) in [7, 11) is -25.8. The number of rotatable bonds is 24. The van der Waals surface area contributed by atoms with Crippen molar-refractivity contribution in [1.82, 2.24) is 23.4 Å². The third-order valence-electron chi connectivity index (χ3n) is 20.6. The number of alkyl halides is 1. The van der Waals surface area contributed by atoms with Crippen LogP contribution in [-0.2, 0) is 94.6 Å². The van der Waals surface area contributed by atoms with E-state index in [4.69, 9.17) is 18.4 Å². The first kappa shape index (κ1) is 91.7. The van der Waals surface area contributed by atoms with Crippen LogP contribution in [0.5, 0.6) is 11.5 Å². The van der Waals surface area contributed by atoms with Gasteiger partial charge in [-0.2, -0.15) is 35.1 Å². The summed E-state index contributed by atoms with van der Waals surface area (Å²) < 4.78 is 215. The van der Waals surface area contributed by atoms with Crippen molar-refractivity contribution in [2.24, 2.45) is 5.14 Å². The third-order valence-corrected chi connectivity index (χ3v) is 34.7. The van der Waals surface area contributed by atoms with E-state index in [0.717, 1.165) is 68.2 Å². The van der Waals surface area contributed by atoms with Crippen molar-refractivity contribution >= 4 is 126 Å². The monoisotopic (exact) mass is 1870 g/mol. The highest BCUT2D eigenvalue weighted by Crippen LogP contribution is 2.58. The minimum Gasteiger partial charge on any atom is -0.444 e. The Morgan fingerprint density at radius 3 is 1.32 bits per heavy atom. The van der Waals surface area contributed by atoms with Crippen LogP contribution >= 0.6 is 15.9 Å². The summed E-state index contributed by atoms with van der Waals surface area (Å²) in [5.41, 5.74) is 3.67. The molecule has 6 aliphatic heterocycles. The number of hydrogen-bond acceptors (Lipinski definition) is 18. The van der Waals surface area contributed by atoms with Crippen LogP contribution in [0.3, 0.4) is 0 Å². The summed E-state index contributed by atoms with van der Waals surface area (Å²) in [6.07, 6.45) is -3.44. The fraction of sp³-hybridized carbons (Fsp3) is 0.358. The van der Waals surface area contributed by atoms with E-state index in [0.29, 0.717) is 60.7 Å². The Kier molecular flexibility index (Phi) is 27.9. The number of benzene rings is 8. The molecule has 0 aromatic heterocycles. The molecule has 644 valence electrons. The van der Waals surface area contributed by atoms with Crippen molar-refractivity contribution in [3.8, 4) is 11.5 Å². The Hall–Kier alpha value is -9.04. The minimum atomic E-state index is -5.00. The van der Waals surface area contributed by atoms with Crippen molar-refractivity contribution in [3.63, 3.8) is 0 Å². The number of hydrogen-bond donors (Lipinski definition) is 2. The molecule has 3 saturated heterocycles. The maximum atomic E-state index is 14.4. The van der Waals surface area contributed by atoms with Crippen LogP contribution in [-0.4, -0.2) is 155 Å². The van der Waals surface area contributed by atoms with Gasteiger partial charge in [-0.15, -0.1) is 0 Å². The topological polar surface area (TPSA) is 325 Å². The van der Waals surface area contributed by atoms with Gasteiger partial charge in [0.2, 0.25) is 36.9 Å². The standard InChI is InChI=1S/C29H33F2N3O7S2Si.C23H29BrN2O4SSi.C23H29N2O4SSi.C6H5F2NO3S/c1-44(2,3)19-18-42(36,37)34-25-15-8-7-12-22(25)29(32-43(38,39)41-26-23(30)13-9-14-24(26)31)16-17-33(27(29)34)28(35)40-20-21-10-5-4-6-11-21;1-32(2,3)16-15-31(28,29)26-20-12-8-7-11-19(20)23(24)13-14-25(21(23)26)22(27)30-17-18-9-5-4-6-10-18;1-31(2,3)16-15-30(27,28)25-21-12-8-7-11-19(21)20-13-14-24(22(20)25)23(26)29-17-18-9-5-4-6-10-18;7-4-2-1-3-5(8)6(4)12-13(9,10)11/h4-15,27,32H,16-20H2,1-3H3;4-12,21H,13-17H2,1-3H3;4-12,22H,13-17H2,1-3H3;1-3H,(H2,9,10,11)/q;;+1;/t27-,29-;21-,23-;22-;/m000./s1. The van der Waals surface area contributed by atoms with Gasteiger partial charge in [-0.25, -0.2) is 62.3 Å². The molecule has 0 spiro atoms. The molecule has 0 radical (unpaired) electrons. The lowest BCUT2D eigenvalue weighted by molar-refractivity contribution is 0.0882. The number of carbonyl (C=O) groups excluding carboxylic acids is 3. The molecular weight excluding hydrogens is 1770 g/mol. The Labute approximate surface area is 709 Å². The zero-order valence-corrected chi connectivity index (χ0v) is 76.1. The average Bonchev–Trinajstić information content (AvgIpc) is 1.52. The van der Waals surface area contributed by atoms with Crippen molar-refractivity contribution in [2.75, 3.05) is 45.5 Å². The number of halogens is 5. The SMILES string of the molecule is C[Si](C)(C)CCS(=O)(=O)N1c2ccccc2[C@@]2(Br)CCN(C(=O)OCc3ccccc3)[C@@H]12.C[Si](C)(C)CCS(=O)(=O)N1c2ccccc2[C@@]2(NS(=O)(=O)Oc3c(F)cccc3F)CCN(C(=O)OCc3ccccc3)[C@@H]12.C[Si](C)(C)CCS(=O)(=O)[N+]1=c2ccccc2=C2CCN(C(=O)OCc3ccccc3)[C@H]21.NS(=O)(=O)Oc1c(F)cccc1F. The minimum absolute atomic E-state index is 0.0730. The Balaban J connectivity index is 0.000000166. The number of anilines is 2. The van der Waals surface area contributed by atoms with E-state index in [2.05, 4.69) is 69.3 Å². The molecule has 26 nitrogen and oxygen atoms in total. The first-order chi connectivity index (χ1) is 56.2. The third kappa shape index (κ3) is 21.5. The van der Waals surface area contributed by atoms with Crippen LogP contribution in [0, 0.1) is 23.3 Å². The van der Waals surface area contributed by atoms with Gasteiger partial charge < -0.3 is 22.6 Å². The van der Waals surface area contributed by atoms with Gasteiger partial charge in [-0.3, -0.25) is 9.80 Å². The second-order valence-electron chi connectivity index (χ2n) is 33.1. The maximum Gasteiger partial charge on any atom is 0.415 e. The molecule has 3 N–H and O–H groups in total. The number of likely N-dealkylation sites (tertiary alicyclic amines) is 3.